The molecule has 1 fully saturated rings. The Labute approximate surface area is 194 Å². The second kappa shape index (κ2) is 8.92. The summed E-state index contributed by atoms with van der Waals surface area (Å²) in [5.74, 6) is -3.86. The molecule has 0 bridgehead atoms. The normalized spacial score (nSPS) is 16.5. The van der Waals surface area contributed by atoms with Crippen LogP contribution >= 0.6 is 0 Å². The summed E-state index contributed by atoms with van der Waals surface area (Å²) in [5, 5.41) is 10.3. The number of nitrogens with zero attached hydrogens (tertiary/aromatic N) is 1. The lowest BCUT2D eigenvalue weighted by atomic mass is 9.98. The molecule has 3 aromatic carbocycles. The topological polar surface area (TPSA) is 83.9 Å². The number of carboxylic acid groups (broad SMARTS) is 1. The SMILES string of the molecule is Cc1c(CC(=O)O)cc2ccc(F)cc2c1Oc1ccc(S(=O)(=O)N2CCC(F)(F)CC2)cc1. The van der Waals surface area contributed by atoms with E-state index in [-0.39, 0.29) is 35.9 Å². The van der Waals surface area contributed by atoms with E-state index in [1.165, 1.54) is 42.5 Å². The predicted octanol–water partition coefficient (Wildman–Crippen LogP) is 5.13. The fourth-order valence-electron chi connectivity index (χ4n) is 3.97. The lowest BCUT2D eigenvalue weighted by Gasteiger charge is -2.30. The molecule has 1 aliphatic rings. The zero-order valence-electron chi connectivity index (χ0n) is 18.2. The number of carboxylic acids is 1. The average molecular weight is 494 g/mol. The van der Waals surface area contributed by atoms with Gasteiger partial charge in [-0.15, -0.1) is 0 Å². The Bertz CT molecular complexity index is 1350. The number of hydrogen-bond acceptors (Lipinski definition) is 4. The molecule has 0 spiro atoms. The van der Waals surface area contributed by atoms with Crippen LogP contribution in [0.3, 0.4) is 0 Å². The van der Waals surface area contributed by atoms with Gasteiger partial charge >= 0.3 is 5.97 Å². The summed E-state index contributed by atoms with van der Waals surface area (Å²) < 4.78 is 73.4. The van der Waals surface area contributed by atoms with Crippen LogP contribution < -0.4 is 4.74 Å². The van der Waals surface area contributed by atoms with E-state index in [1.807, 2.05) is 0 Å². The van der Waals surface area contributed by atoms with Crippen molar-refractivity contribution in [1.29, 1.82) is 0 Å². The van der Waals surface area contributed by atoms with E-state index in [1.54, 1.807) is 13.0 Å². The highest BCUT2D eigenvalue weighted by atomic mass is 32.2. The van der Waals surface area contributed by atoms with Gasteiger partial charge in [-0.25, -0.2) is 21.6 Å². The molecule has 0 aliphatic carbocycles. The number of ether oxygens (including phenoxy) is 1. The molecular formula is C24H22F3NO5S. The maximum Gasteiger partial charge on any atom is 0.307 e. The van der Waals surface area contributed by atoms with Crippen LogP contribution in [0.1, 0.15) is 24.0 Å². The zero-order chi connectivity index (χ0) is 24.7. The van der Waals surface area contributed by atoms with Crippen LogP contribution in [0, 0.1) is 12.7 Å². The Balaban J connectivity index is 1.65. The third-order valence-corrected chi connectivity index (χ3v) is 7.80. The first-order valence-electron chi connectivity index (χ1n) is 10.6. The Morgan fingerprint density at radius 1 is 1.09 bits per heavy atom. The molecule has 0 saturated carbocycles. The van der Waals surface area contributed by atoms with Gasteiger partial charge in [0.2, 0.25) is 10.0 Å². The van der Waals surface area contributed by atoms with E-state index >= 15 is 0 Å². The van der Waals surface area contributed by atoms with E-state index in [0.29, 0.717) is 21.9 Å². The van der Waals surface area contributed by atoms with Gasteiger partial charge < -0.3 is 9.84 Å². The van der Waals surface area contributed by atoms with E-state index in [9.17, 15) is 31.5 Å². The Morgan fingerprint density at radius 3 is 2.35 bits per heavy atom. The molecule has 1 N–H and O–H groups in total. The molecule has 0 atom stereocenters. The molecule has 10 heteroatoms. The molecule has 34 heavy (non-hydrogen) atoms. The maximum atomic E-state index is 13.9. The van der Waals surface area contributed by atoms with Crippen LogP contribution in [0.15, 0.2) is 53.4 Å². The number of hydrogen-bond donors (Lipinski definition) is 1. The van der Waals surface area contributed by atoms with Crippen molar-refractivity contribution in [3.8, 4) is 11.5 Å². The molecule has 3 aromatic rings. The van der Waals surface area contributed by atoms with E-state index in [2.05, 4.69) is 0 Å². The number of sulfonamides is 1. The van der Waals surface area contributed by atoms with Gasteiger partial charge in [0, 0.05) is 31.3 Å². The minimum absolute atomic E-state index is 0.0580. The quantitative estimate of drug-likeness (QED) is 0.515. The van der Waals surface area contributed by atoms with Gasteiger partial charge in [0.25, 0.3) is 5.92 Å². The van der Waals surface area contributed by atoms with Crippen molar-refractivity contribution < 1.29 is 36.2 Å². The van der Waals surface area contributed by atoms with Crippen LogP contribution in [-0.2, 0) is 21.2 Å². The van der Waals surface area contributed by atoms with Gasteiger partial charge in [-0.3, -0.25) is 4.79 Å². The largest absolute Gasteiger partial charge is 0.481 e. The highest BCUT2D eigenvalue weighted by Crippen LogP contribution is 2.37. The molecule has 1 saturated heterocycles. The van der Waals surface area contributed by atoms with Crippen molar-refractivity contribution in [3.63, 3.8) is 0 Å². The number of benzene rings is 3. The van der Waals surface area contributed by atoms with Crippen molar-refractivity contribution in [3.05, 3.63) is 65.5 Å². The number of piperidine rings is 1. The first-order chi connectivity index (χ1) is 16.0. The second-order valence-corrected chi connectivity index (χ2v) is 10.2. The smallest absolute Gasteiger partial charge is 0.307 e. The molecule has 0 amide bonds. The van der Waals surface area contributed by atoms with Crippen molar-refractivity contribution in [2.24, 2.45) is 0 Å². The summed E-state index contributed by atoms with van der Waals surface area (Å²) >= 11 is 0. The molecule has 1 heterocycles. The van der Waals surface area contributed by atoms with Crippen molar-refractivity contribution in [2.45, 2.75) is 37.0 Å². The summed E-state index contributed by atoms with van der Waals surface area (Å²) in [6.07, 6.45) is -1.30. The summed E-state index contributed by atoms with van der Waals surface area (Å²) in [5.41, 5.74) is 1.02. The van der Waals surface area contributed by atoms with E-state index < -0.39 is 40.6 Å². The molecule has 180 valence electrons. The minimum atomic E-state index is -3.94. The number of aliphatic carboxylic acids is 1. The summed E-state index contributed by atoms with van der Waals surface area (Å²) in [6, 6.07) is 11.2. The average Bonchev–Trinajstić information content (AvgIpc) is 2.77. The van der Waals surface area contributed by atoms with Crippen LogP contribution in [0.5, 0.6) is 11.5 Å². The number of fused-ring (bicyclic) bond motifs is 1. The van der Waals surface area contributed by atoms with Gasteiger partial charge in [0.15, 0.2) is 0 Å². The van der Waals surface area contributed by atoms with Crippen LogP contribution in [0.4, 0.5) is 13.2 Å². The fraction of sp³-hybridized carbons (Fsp3) is 0.292. The molecule has 4 rings (SSSR count). The predicted molar refractivity (Wildman–Crippen MR) is 119 cm³/mol. The Morgan fingerprint density at radius 2 is 1.74 bits per heavy atom. The zero-order valence-corrected chi connectivity index (χ0v) is 19.0. The van der Waals surface area contributed by atoms with Gasteiger partial charge in [-0.05, 0) is 59.8 Å². The number of alkyl halides is 2. The maximum absolute atomic E-state index is 13.9. The number of carbonyl (C=O) groups is 1. The lowest BCUT2D eigenvalue weighted by Crippen LogP contribution is -2.42. The van der Waals surface area contributed by atoms with Gasteiger partial charge in [0.1, 0.15) is 17.3 Å². The Kier molecular flexibility index (Phi) is 6.30. The fourth-order valence-corrected chi connectivity index (χ4v) is 5.41. The molecule has 0 unspecified atom stereocenters. The lowest BCUT2D eigenvalue weighted by molar-refractivity contribution is -0.136. The highest BCUT2D eigenvalue weighted by molar-refractivity contribution is 7.89. The Hall–Kier alpha value is -3.11. The monoisotopic (exact) mass is 493 g/mol. The van der Waals surface area contributed by atoms with Gasteiger partial charge in [-0.2, -0.15) is 4.31 Å². The molecule has 1 aliphatic heterocycles. The number of rotatable bonds is 6. The second-order valence-electron chi connectivity index (χ2n) is 8.26. The summed E-state index contributed by atoms with van der Waals surface area (Å²) in [4.78, 5) is 11.2. The standard InChI is InChI=1S/C24H22F3NO5S/c1-15-17(13-22(29)30)12-16-2-3-18(25)14-21(16)23(15)33-19-4-6-20(7-5-19)34(31,32)28-10-8-24(26,27)9-11-28/h2-7,12,14H,8-11,13H2,1H3,(H,29,30). The molecule has 0 radical (unpaired) electrons. The van der Waals surface area contributed by atoms with E-state index in [0.717, 1.165) is 4.31 Å². The van der Waals surface area contributed by atoms with Crippen molar-refractivity contribution in [2.75, 3.05) is 13.1 Å². The van der Waals surface area contributed by atoms with Crippen LogP contribution in [0.25, 0.3) is 10.8 Å². The molecular weight excluding hydrogens is 471 g/mol. The van der Waals surface area contributed by atoms with Gasteiger partial charge in [-0.1, -0.05) is 12.1 Å². The summed E-state index contributed by atoms with van der Waals surface area (Å²) in [6.45, 7) is 1.14. The third-order valence-electron chi connectivity index (χ3n) is 5.89. The molecule has 6 nitrogen and oxygen atoms in total. The minimum Gasteiger partial charge on any atom is -0.481 e. The van der Waals surface area contributed by atoms with E-state index in [4.69, 9.17) is 4.74 Å². The molecule has 0 aromatic heterocycles. The summed E-state index contributed by atoms with van der Waals surface area (Å²) in [7, 11) is -3.94. The first-order valence-corrected chi connectivity index (χ1v) is 12.0. The van der Waals surface area contributed by atoms with Crippen LogP contribution in [-0.4, -0.2) is 42.8 Å². The number of halogens is 3. The third kappa shape index (κ3) is 4.88. The first kappa shape index (κ1) is 24.0. The van der Waals surface area contributed by atoms with Crippen molar-refractivity contribution >= 4 is 26.8 Å². The van der Waals surface area contributed by atoms with Gasteiger partial charge in [0.05, 0.1) is 11.3 Å². The van der Waals surface area contributed by atoms with Crippen LogP contribution in [0.2, 0.25) is 0 Å². The highest BCUT2D eigenvalue weighted by Gasteiger charge is 2.38. The van der Waals surface area contributed by atoms with Crippen molar-refractivity contribution in [1.82, 2.24) is 4.31 Å².